The van der Waals surface area contributed by atoms with Crippen LogP contribution < -0.4 is 10.3 Å². The van der Waals surface area contributed by atoms with Crippen LogP contribution in [0, 0.1) is 0 Å². The monoisotopic (exact) mass is 393 g/mol. The minimum Gasteiger partial charge on any atom is -0.478 e. The summed E-state index contributed by atoms with van der Waals surface area (Å²) in [6.07, 6.45) is 1.56. The fraction of sp³-hybridized carbons (Fsp3) is 0.238. The summed E-state index contributed by atoms with van der Waals surface area (Å²) in [4.78, 5) is 21.9. The highest BCUT2D eigenvalue weighted by Crippen LogP contribution is 2.22. The zero-order valence-electron chi connectivity index (χ0n) is 16.7. The normalized spacial score (nSPS) is 11.2. The van der Waals surface area contributed by atoms with Crippen molar-refractivity contribution in [2.45, 2.75) is 19.8 Å². The number of carboxylic acid groups (broad SMARTS) is 1. The highest BCUT2D eigenvalue weighted by atomic mass is 16.4. The van der Waals surface area contributed by atoms with Crippen molar-refractivity contribution in [2.24, 2.45) is 5.10 Å². The second-order valence-corrected chi connectivity index (χ2v) is 6.97. The molecular formula is C21H23N5O3. The molecule has 2 aromatic heterocycles. The minimum absolute atomic E-state index is 0.194. The van der Waals surface area contributed by atoms with Gasteiger partial charge in [-0.2, -0.15) is 5.10 Å². The van der Waals surface area contributed by atoms with Gasteiger partial charge in [-0.05, 0) is 24.3 Å². The maximum atomic E-state index is 10.9. The van der Waals surface area contributed by atoms with Crippen LogP contribution in [0.25, 0.3) is 11.3 Å². The molecule has 2 heterocycles. The number of nitrogens with zero attached hydrogens (tertiary/aromatic N) is 4. The van der Waals surface area contributed by atoms with E-state index < -0.39 is 5.97 Å². The Morgan fingerprint density at radius 1 is 1.17 bits per heavy atom. The molecular weight excluding hydrogens is 370 g/mol. The van der Waals surface area contributed by atoms with E-state index in [0.29, 0.717) is 17.3 Å². The topological polar surface area (TPSA) is 104 Å². The first-order valence-electron chi connectivity index (χ1n) is 9.12. The number of carboxylic acids is 1. The van der Waals surface area contributed by atoms with Gasteiger partial charge in [0.15, 0.2) is 5.82 Å². The number of hydrogen-bond acceptors (Lipinski definition) is 7. The number of furan rings is 1. The first kappa shape index (κ1) is 20.1. The molecule has 0 saturated carbocycles. The van der Waals surface area contributed by atoms with E-state index in [1.165, 1.54) is 0 Å². The largest absolute Gasteiger partial charge is 0.478 e. The lowest BCUT2D eigenvalue weighted by Crippen LogP contribution is -2.13. The van der Waals surface area contributed by atoms with Crippen molar-refractivity contribution < 1.29 is 14.3 Å². The molecule has 0 bridgehead atoms. The van der Waals surface area contributed by atoms with Crippen molar-refractivity contribution in [3.05, 3.63) is 59.6 Å². The summed E-state index contributed by atoms with van der Waals surface area (Å²) in [7, 11) is 3.85. The molecule has 2 N–H and O–H groups in total. The van der Waals surface area contributed by atoms with Crippen molar-refractivity contribution in [2.75, 3.05) is 24.4 Å². The van der Waals surface area contributed by atoms with Crippen molar-refractivity contribution in [1.29, 1.82) is 0 Å². The number of nitrogens with one attached hydrogen (secondary N) is 1. The van der Waals surface area contributed by atoms with Crippen LogP contribution in [0.15, 0.2) is 52.0 Å². The number of aromatic nitrogens is 2. The Bertz CT molecular complexity index is 997. The molecule has 0 radical (unpaired) electrons. The smallest absolute Gasteiger partial charge is 0.335 e. The molecule has 3 rings (SSSR count). The van der Waals surface area contributed by atoms with Crippen LogP contribution in [-0.2, 0) is 0 Å². The average molecular weight is 393 g/mol. The van der Waals surface area contributed by atoms with Crippen molar-refractivity contribution in [3.63, 3.8) is 0 Å². The molecule has 0 saturated heterocycles. The number of aromatic carboxylic acids is 1. The van der Waals surface area contributed by atoms with E-state index >= 15 is 0 Å². The zero-order chi connectivity index (χ0) is 21.0. The molecule has 0 unspecified atom stereocenters. The summed E-state index contributed by atoms with van der Waals surface area (Å²) in [6.45, 7) is 4.07. The van der Waals surface area contributed by atoms with Crippen LogP contribution in [0.3, 0.4) is 0 Å². The van der Waals surface area contributed by atoms with E-state index in [-0.39, 0.29) is 11.5 Å². The Kier molecular flexibility index (Phi) is 5.92. The maximum absolute atomic E-state index is 10.9. The first-order chi connectivity index (χ1) is 13.8. The van der Waals surface area contributed by atoms with Crippen LogP contribution in [0.1, 0.15) is 41.7 Å². The number of rotatable bonds is 7. The molecule has 0 atom stereocenters. The highest BCUT2D eigenvalue weighted by Gasteiger charge is 2.09. The maximum Gasteiger partial charge on any atom is 0.335 e. The summed E-state index contributed by atoms with van der Waals surface area (Å²) in [5, 5.41) is 13.2. The molecule has 1 aromatic carbocycles. The van der Waals surface area contributed by atoms with Gasteiger partial charge in [-0.25, -0.2) is 14.8 Å². The Balaban J connectivity index is 1.72. The first-order valence-corrected chi connectivity index (χ1v) is 9.12. The molecule has 0 aliphatic rings. The molecule has 0 aliphatic carbocycles. The lowest BCUT2D eigenvalue weighted by atomic mass is 10.1. The molecule has 150 valence electrons. The fourth-order valence-electron chi connectivity index (χ4n) is 2.51. The van der Waals surface area contributed by atoms with Crippen molar-refractivity contribution in [3.8, 4) is 11.3 Å². The van der Waals surface area contributed by atoms with Crippen molar-refractivity contribution >= 4 is 23.8 Å². The third-order valence-electron chi connectivity index (χ3n) is 4.12. The Morgan fingerprint density at radius 2 is 1.90 bits per heavy atom. The third-order valence-corrected chi connectivity index (χ3v) is 4.12. The van der Waals surface area contributed by atoms with Gasteiger partial charge in [0.1, 0.15) is 23.2 Å². The highest BCUT2D eigenvalue weighted by molar-refractivity contribution is 5.88. The van der Waals surface area contributed by atoms with Crippen LogP contribution >= 0.6 is 0 Å². The summed E-state index contributed by atoms with van der Waals surface area (Å²) >= 11 is 0. The van der Waals surface area contributed by atoms with Crippen molar-refractivity contribution in [1.82, 2.24) is 9.97 Å². The lowest BCUT2D eigenvalue weighted by molar-refractivity contribution is 0.0697. The van der Waals surface area contributed by atoms with Crippen LogP contribution in [0.4, 0.5) is 11.6 Å². The van der Waals surface area contributed by atoms with Crippen LogP contribution in [0.5, 0.6) is 0 Å². The van der Waals surface area contributed by atoms with Gasteiger partial charge in [-0.15, -0.1) is 0 Å². The number of hydrazone groups is 1. The van der Waals surface area contributed by atoms with Gasteiger partial charge in [-0.1, -0.05) is 26.0 Å². The van der Waals surface area contributed by atoms with E-state index in [1.54, 1.807) is 36.5 Å². The minimum atomic E-state index is -0.960. The lowest BCUT2D eigenvalue weighted by Gasteiger charge is -2.15. The molecule has 0 aliphatic heterocycles. The van der Waals surface area contributed by atoms with E-state index in [1.807, 2.05) is 45.0 Å². The molecule has 8 heteroatoms. The van der Waals surface area contributed by atoms with Gasteiger partial charge in [0.25, 0.3) is 0 Å². The summed E-state index contributed by atoms with van der Waals surface area (Å²) in [6, 6.07) is 11.9. The number of hydrogen-bond donors (Lipinski definition) is 2. The summed E-state index contributed by atoms with van der Waals surface area (Å²) in [5.41, 5.74) is 3.94. The third kappa shape index (κ3) is 4.98. The molecule has 0 amide bonds. The predicted molar refractivity (Wildman–Crippen MR) is 113 cm³/mol. The van der Waals surface area contributed by atoms with E-state index in [0.717, 1.165) is 17.2 Å². The molecule has 29 heavy (non-hydrogen) atoms. The van der Waals surface area contributed by atoms with Gasteiger partial charge in [-0.3, -0.25) is 5.43 Å². The summed E-state index contributed by atoms with van der Waals surface area (Å²) < 4.78 is 5.75. The Labute approximate surface area is 168 Å². The molecule has 0 fully saturated rings. The van der Waals surface area contributed by atoms with E-state index in [2.05, 4.69) is 20.5 Å². The second-order valence-electron chi connectivity index (χ2n) is 6.97. The Hall–Kier alpha value is -3.68. The van der Waals surface area contributed by atoms with Gasteiger partial charge in [0, 0.05) is 31.6 Å². The van der Waals surface area contributed by atoms with Gasteiger partial charge < -0.3 is 14.4 Å². The van der Waals surface area contributed by atoms with E-state index in [4.69, 9.17) is 9.52 Å². The average Bonchev–Trinajstić information content (AvgIpc) is 3.16. The Morgan fingerprint density at radius 3 is 2.52 bits per heavy atom. The number of anilines is 2. The van der Waals surface area contributed by atoms with Crippen LogP contribution in [-0.4, -0.2) is 41.4 Å². The predicted octanol–water partition coefficient (Wildman–Crippen LogP) is 4.07. The number of benzene rings is 1. The second kappa shape index (κ2) is 8.55. The zero-order valence-corrected chi connectivity index (χ0v) is 16.7. The number of carbonyl (C=O) groups is 1. The molecule has 0 spiro atoms. The SMILES string of the molecule is CC(C)c1nc(NN=Cc2ccc(-c3ccc(C(=O)O)cc3)o2)cc(N(C)C)n1. The van der Waals surface area contributed by atoms with Gasteiger partial charge in [0.2, 0.25) is 0 Å². The van der Waals surface area contributed by atoms with Gasteiger partial charge >= 0.3 is 5.97 Å². The standard InChI is InChI=1S/C21H23N5O3/c1-13(2)20-23-18(11-19(24-20)26(3)4)25-22-12-16-9-10-17(29-16)14-5-7-15(8-6-14)21(27)28/h5-13H,1-4H3,(H,27,28)(H,23,24,25). The van der Waals surface area contributed by atoms with Crippen LogP contribution in [0.2, 0.25) is 0 Å². The molecule has 8 nitrogen and oxygen atoms in total. The quantitative estimate of drug-likeness (QED) is 0.460. The molecule has 3 aromatic rings. The summed E-state index contributed by atoms with van der Waals surface area (Å²) in [5.74, 6) is 2.55. The fourth-order valence-corrected chi connectivity index (χ4v) is 2.51. The van der Waals surface area contributed by atoms with Gasteiger partial charge in [0.05, 0.1) is 11.8 Å². The van der Waals surface area contributed by atoms with E-state index in [9.17, 15) is 4.79 Å².